The van der Waals surface area contributed by atoms with Crippen molar-refractivity contribution in [2.75, 3.05) is 13.2 Å². The molecule has 5 heteroatoms. The van der Waals surface area contributed by atoms with Crippen molar-refractivity contribution >= 4 is 22.7 Å². The molecule has 0 radical (unpaired) electrons. The molecule has 0 N–H and O–H groups in total. The van der Waals surface area contributed by atoms with Crippen molar-refractivity contribution in [2.45, 2.75) is 36.3 Å². The van der Waals surface area contributed by atoms with Crippen LogP contribution in [0.25, 0.3) is 11.0 Å². The van der Waals surface area contributed by atoms with Crippen LogP contribution < -0.4 is 15.1 Å². The van der Waals surface area contributed by atoms with E-state index in [1.165, 1.54) is 17.5 Å². The van der Waals surface area contributed by atoms with Gasteiger partial charge in [0.1, 0.15) is 5.58 Å². The fourth-order valence-corrected chi connectivity index (χ4v) is 4.72. The maximum Gasteiger partial charge on any atom is 0.336 e. The molecule has 0 spiro atoms. The average molecular weight is 380 g/mol. The Kier molecular flexibility index (Phi) is 4.32. The lowest BCUT2D eigenvalue weighted by molar-refractivity contribution is 0.297. The summed E-state index contributed by atoms with van der Waals surface area (Å²) in [5.74, 6) is 2.31. The monoisotopic (exact) mass is 380 g/mol. The summed E-state index contributed by atoms with van der Waals surface area (Å²) in [4.78, 5) is 13.1. The predicted octanol–water partition coefficient (Wildman–Crippen LogP) is 4.74. The molecule has 1 aliphatic carbocycles. The summed E-state index contributed by atoms with van der Waals surface area (Å²) in [7, 11) is 0. The Morgan fingerprint density at radius 2 is 1.70 bits per heavy atom. The van der Waals surface area contributed by atoms with E-state index in [0.717, 1.165) is 46.6 Å². The third-order valence-corrected chi connectivity index (χ3v) is 6.20. The van der Waals surface area contributed by atoms with Gasteiger partial charge in [0.2, 0.25) is 0 Å². The molecule has 0 bridgehead atoms. The average Bonchev–Trinajstić information content (AvgIpc) is 2.99. The van der Waals surface area contributed by atoms with Crippen molar-refractivity contribution in [1.29, 1.82) is 0 Å². The van der Waals surface area contributed by atoms with Gasteiger partial charge in [-0.25, -0.2) is 4.79 Å². The standard InChI is InChI=1S/C22H20O4S/c23-22-11-16(18-9-14-3-1-4-15(14)10-20(18)26-22)13-27-17-5-6-19-21(12-17)25-8-2-7-24-19/h5-6,9-12H,1-4,7-8,13H2. The smallest absolute Gasteiger partial charge is 0.336 e. The first kappa shape index (κ1) is 16.8. The summed E-state index contributed by atoms with van der Waals surface area (Å²) in [5.41, 5.74) is 4.15. The van der Waals surface area contributed by atoms with E-state index < -0.39 is 0 Å². The van der Waals surface area contributed by atoms with Crippen molar-refractivity contribution in [1.82, 2.24) is 0 Å². The first-order chi connectivity index (χ1) is 13.3. The van der Waals surface area contributed by atoms with Crippen LogP contribution in [0.3, 0.4) is 0 Å². The molecule has 138 valence electrons. The summed E-state index contributed by atoms with van der Waals surface area (Å²) in [6.45, 7) is 1.37. The van der Waals surface area contributed by atoms with Crippen molar-refractivity contribution in [3.05, 3.63) is 63.5 Å². The Morgan fingerprint density at radius 3 is 2.59 bits per heavy atom. The molecule has 3 aromatic rings. The normalized spacial score (nSPS) is 15.6. The number of rotatable bonds is 3. The Labute approximate surface area is 161 Å². The van der Waals surface area contributed by atoms with Gasteiger partial charge in [-0.1, -0.05) is 0 Å². The summed E-state index contributed by atoms with van der Waals surface area (Å²) >= 11 is 1.69. The summed E-state index contributed by atoms with van der Waals surface area (Å²) < 4.78 is 16.9. The second kappa shape index (κ2) is 6.97. The van der Waals surface area contributed by atoms with Gasteiger partial charge in [0.25, 0.3) is 0 Å². The highest BCUT2D eigenvalue weighted by atomic mass is 32.2. The van der Waals surface area contributed by atoms with Gasteiger partial charge in [0.05, 0.1) is 13.2 Å². The Morgan fingerprint density at radius 1 is 0.889 bits per heavy atom. The molecule has 0 amide bonds. The van der Waals surface area contributed by atoms with Crippen molar-refractivity contribution in [2.24, 2.45) is 0 Å². The number of hydrogen-bond donors (Lipinski definition) is 0. The quantitative estimate of drug-likeness (QED) is 0.485. The zero-order chi connectivity index (χ0) is 18.2. The van der Waals surface area contributed by atoms with E-state index in [4.69, 9.17) is 13.9 Å². The van der Waals surface area contributed by atoms with Gasteiger partial charge in [-0.3, -0.25) is 0 Å². The predicted molar refractivity (Wildman–Crippen MR) is 106 cm³/mol. The maximum absolute atomic E-state index is 12.0. The van der Waals surface area contributed by atoms with E-state index in [0.29, 0.717) is 24.5 Å². The van der Waals surface area contributed by atoms with E-state index in [1.807, 2.05) is 18.2 Å². The molecule has 0 saturated heterocycles. The number of hydrogen-bond acceptors (Lipinski definition) is 5. The Hall–Kier alpha value is -2.40. The number of aryl methyl sites for hydroxylation is 2. The lowest BCUT2D eigenvalue weighted by Crippen LogP contribution is -2.01. The second-order valence-corrected chi connectivity index (χ2v) is 8.06. The summed E-state index contributed by atoms with van der Waals surface area (Å²) in [6.07, 6.45) is 4.26. The summed E-state index contributed by atoms with van der Waals surface area (Å²) in [5, 5.41) is 1.05. The molecule has 0 saturated carbocycles. The number of benzene rings is 2. The highest BCUT2D eigenvalue weighted by Gasteiger charge is 2.16. The van der Waals surface area contributed by atoms with Gasteiger partial charge >= 0.3 is 5.63 Å². The van der Waals surface area contributed by atoms with Gasteiger partial charge in [0, 0.05) is 28.5 Å². The van der Waals surface area contributed by atoms with Gasteiger partial charge < -0.3 is 13.9 Å². The molecule has 4 nitrogen and oxygen atoms in total. The van der Waals surface area contributed by atoms with E-state index >= 15 is 0 Å². The van der Waals surface area contributed by atoms with E-state index in [1.54, 1.807) is 17.8 Å². The van der Waals surface area contributed by atoms with Crippen LogP contribution in [0, 0.1) is 0 Å². The van der Waals surface area contributed by atoms with Crippen molar-refractivity contribution in [3.63, 3.8) is 0 Å². The molecule has 2 heterocycles. The second-order valence-electron chi connectivity index (χ2n) is 7.01. The van der Waals surface area contributed by atoms with Crippen molar-refractivity contribution < 1.29 is 13.9 Å². The van der Waals surface area contributed by atoms with Crippen LogP contribution in [0.4, 0.5) is 0 Å². The SMILES string of the molecule is O=c1cc(CSc2ccc3c(c2)OCCCO3)c2cc3c(cc2o1)CCC3. The minimum atomic E-state index is -0.283. The first-order valence-corrected chi connectivity index (χ1v) is 10.4. The van der Waals surface area contributed by atoms with Crippen LogP contribution in [-0.2, 0) is 18.6 Å². The van der Waals surface area contributed by atoms with Crippen LogP contribution >= 0.6 is 11.8 Å². The first-order valence-electron chi connectivity index (χ1n) is 9.37. The molecular formula is C22H20O4S. The molecule has 0 unspecified atom stereocenters. The van der Waals surface area contributed by atoms with Gasteiger partial charge in [0.15, 0.2) is 11.5 Å². The lowest BCUT2D eigenvalue weighted by Gasteiger charge is -2.10. The van der Waals surface area contributed by atoms with Gasteiger partial charge in [-0.15, -0.1) is 11.8 Å². The minimum Gasteiger partial charge on any atom is -0.490 e. The molecule has 0 atom stereocenters. The molecule has 27 heavy (non-hydrogen) atoms. The molecular weight excluding hydrogens is 360 g/mol. The molecule has 2 aromatic carbocycles. The van der Waals surface area contributed by atoms with Crippen LogP contribution in [0.2, 0.25) is 0 Å². The molecule has 0 fully saturated rings. The topological polar surface area (TPSA) is 48.7 Å². The molecule has 5 rings (SSSR count). The largest absolute Gasteiger partial charge is 0.490 e. The van der Waals surface area contributed by atoms with Gasteiger partial charge in [-0.05, 0) is 66.3 Å². The highest BCUT2D eigenvalue weighted by Crippen LogP contribution is 2.36. The van der Waals surface area contributed by atoms with Crippen molar-refractivity contribution in [3.8, 4) is 11.5 Å². The molecule has 1 aliphatic heterocycles. The van der Waals surface area contributed by atoms with E-state index in [2.05, 4.69) is 12.1 Å². The van der Waals surface area contributed by atoms with Crippen LogP contribution in [-0.4, -0.2) is 13.2 Å². The minimum absolute atomic E-state index is 0.283. The number of fused-ring (bicyclic) bond motifs is 3. The lowest BCUT2D eigenvalue weighted by atomic mass is 10.0. The fourth-order valence-electron chi connectivity index (χ4n) is 3.81. The third kappa shape index (κ3) is 3.32. The maximum atomic E-state index is 12.0. The fraction of sp³-hybridized carbons (Fsp3) is 0.318. The third-order valence-electron chi connectivity index (χ3n) is 5.16. The van der Waals surface area contributed by atoms with E-state index in [-0.39, 0.29) is 5.63 Å². The van der Waals surface area contributed by atoms with Crippen LogP contribution in [0.5, 0.6) is 11.5 Å². The van der Waals surface area contributed by atoms with E-state index in [9.17, 15) is 4.79 Å². The Bertz CT molecular complexity index is 1070. The van der Waals surface area contributed by atoms with Gasteiger partial charge in [-0.2, -0.15) is 0 Å². The van der Waals surface area contributed by atoms with Crippen LogP contribution in [0.15, 0.2) is 50.5 Å². The molecule has 1 aromatic heterocycles. The zero-order valence-electron chi connectivity index (χ0n) is 15.0. The Balaban J connectivity index is 1.45. The summed E-state index contributed by atoms with van der Waals surface area (Å²) in [6, 6.07) is 11.9. The zero-order valence-corrected chi connectivity index (χ0v) is 15.8. The van der Waals surface area contributed by atoms with Crippen LogP contribution in [0.1, 0.15) is 29.5 Å². The highest BCUT2D eigenvalue weighted by molar-refractivity contribution is 7.98. The number of thioether (sulfide) groups is 1. The number of ether oxygens (including phenoxy) is 2. The molecule has 2 aliphatic rings.